The van der Waals surface area contributed by atoms with E-state index in [2.05, 4.69) is 20.3 Å². The first kappa shape index (κ1) is 28.0. The molecule has 2 heterocycles. The number of imidazole rings is 1. The highest BCUT2D eigenvalue weighted by atomic mass is 16.5. The number of benzene rings is 1. The molecule has 0 radical (unpaired) electrons. The number of aromatic nitrogens is 4. The molecular weight excluding hydrogens is 492 g/mol. The Hall–Kier alpha value is -4.55. The minimum Gasteiger partial charge on any atom is -0.461 e. The lowest BCUT2D eigenvalue weighted by Gasteiger charge is -2.15. The molecule has 13 nitrogen and oxygen atoms in total. The highest BCUT2D eigenvalue weighted by Gasteiger charge is 2.34. The van der Waals surface area contributed by atoms with Crippen LogP contribution in [0.2, 0.25) is 0 Å². The fourth-order valence-electron chi connectivity index (χ4n) is 3.47. The number of nitrogens with zero attached hydrogens (tertiary/aromatic N) is 7. The molecule has 0 bridgehead atoms. The molecule has 0 spiro atoms. The third-order valence-corrected chi connectivity index (χ3v) is 5.22. The molecule has 1 amide bonds. The highest BCUT2D eigenvalue weighted by Crippen LogP contribution is 2.38. The number of carbonyl (C=O) groups excluding carboxylic acids is 3. The van der Waals surface area contributed by atoms with Gasteiger partial charge < -0.3 is 20.1 Å². The SMILES string of the molecule is CCOC(=O)c1nc(/N=N/c2c(C(C)(C)C)nn(-c3ccccc3)c2N)n(C(=O)N(C)C)c1C(=O)OCC. The van der Waals surface area contributed by atoms with Crippen molar-refractivity contribution in [2.75, 3.05) is 33.0 Å². The van der Waals surface area contributed by atoms with Gasteiger partial charge in [0, 0.05) is 19.5 Å². The third-order valence-electron chi connectivity index (χ3n) is 5.22. The second-order valence-electron chi connectivity index (χ2n) is 9.34. The fourth-order valence-corrected chi connectivity index (χ4v) is 3.47. The molecule has 0 atom stereocenters. The van der Waals surface area contributed by atoms with Gasteiger partial charge in [-0.3, -0.25) is 0 Å². The topological polar surface area (TPSA) is 159 Å². The maximum Gasteiger partial charge on any atom is 0.359 e. The average molecular weight is 525 g/mol. The van der Waals surface area contributed by atoms with Crippen LogP contribution >= 0.6 is 0 Å². The Morgan fingerprint density at radius 2 is 1.61 bits per heavy atom. The smallest absolute Gasteiger partial charge is 0.359 e. The van der Waals surface area contributed by atoms with Crippen LogP contribution in [0.5, 0.6) is 0 Å². The standard InChI is InChI=1S/C25H32N8O5/c1-8-37-21(34)16-18(22(35)38-9-2)32(24(36)31(6)7)23(27-16)29-28-17-19(25(3,4)5)30-33(20(17)26)15-13-11-10-12-14-15/h10-14H,8-9,26H2,1-7H3/b29-28+. The normalized spacial score (nSPS) is 11.6. The third kappa shape index (κ3) is 5.56. The van der Waals surface area contributed by atoms with Gasteiger partial charge in [-0.05, 0) is 26.0 Å². The van der Waals surface area contributed by atoms with Crippen molar-refractivity contribution in [1.29, 1.82) is 0 Å². The molecule has 0 saturated carbocycles. The summed E-state index contributed by atoms with van der Waals surface area (Å²) in [4.78, 5) is 44.0. The van der Waals surface area contributed by atoms with Crippen molar-refractivity contribution in [1.82, 2.24) is 24.2 Å². The van der Waals surface area contributed by atoms with Crippen LogP contribution in [-0.2, 0) is 14.9 Å². The van der Waals surface area contributed by atoms with E-state index in [1.54, 1.807) is 18.5 Å². The molecule has 2 aromatic heterocycles. The first-order valence-corrected chi connectivity index (χ1v) is 12.0. The van der Waals surface area contributed by atoms with Crippen LogP contribution in [0.4, 0.5) is 22.2 Å². The molecule has 3 aromatic rings. The average Bonchev–Trinajstić information content (AvgIpc) is 3.41. The van der Waals surface area contributed by atoms with Crippen LogP contribution < -0.4 is 5.73 Å². The zero-order valence-corrected chi connectivity index (χ0v) is 22.6. The van der Waals surface area contributed by atoms with Gasteiger partial charge in [-0.2, -0.15) is 5.10 Å². The molecule has 1 aromatic carbocycles. The molecule has 3 rings (SSSR count). The number of rotatable bonds is 7. The Balaban J connectivity index is 2.26. The summed E-state index contributed by atoms with van der Waals surface area (Å²) in [5.74, 6) is -1.98. The predicted molar refractivity (Wildman–Crippen MR) is 139 cm³/mol. The summed E-state index contributed by atoms with van der Waals surface area (Å²) in [6.07, 6.45) is 0. The van der Waals surface area contributed by atoms with Gasteiger partial charge in [-0.15, -0.1) is 10.2 Å². The van der Waals surface area contributed by atoms with Gasteiger partial charge >= 0.3 is 18.0 Å². The van der Waals surface area contributed by atoms with E-state index in [0.717, 1.165) is 10.3 Å². The summed E-state index contributed by atoms with van der Waals surface area (Å²) in [7, 11) is 2.95. The summed E-state index contributed by atoms with van der Waals surface area (Å²) in [6, 6.07) is 8.57. The largest absolute Gasteiger partial charge is 0.461 e. The Morgan fingerprint density at radius 1 is 1.00 bits per heavy atom. The van der Waals surface area contributed by atoms with Crippen LogP contribution in [0.25, 0.3) is 5.69 Å². The van der Waals surface area contributed by atoms with E-state index in [-0.39, 0.29) is 30.7 Å². The maximum atomic E-state index is 13.1. The molecule has 0 aliphatic heterocycles. The van der Waals surface area contributed by atoms with Gasteiger partial charge in [0.2, 0.25) is 0 Å². The van der Waals surface area contributed by atoms with Gasteiger partial charge in [-0.1, -0.05) is 39.0 Å². The molecule has 0 fully saturated rings. The molecule has 202 valence electrons. The molecule has 2 N–H and O–H groups in total. The number of para-hydroxylation sites is 1. The number of ether oxygens (including phenoxy) is 2. The summed E-state index contributed by atoms with van der Waals surface area (Å²) in [5.41, 5.74) is 6.64. The van der Waals surface area contributed by atoms with Crippen molar-refractivity contribution in [2.45, 2.75) is 40.0 Å². The first-order valence-electron chi connectivity index (χ1n) is 12.0. The van der Waals surface area contributed by atoms with Crippen LogP contribution in [0.3, 0.4) is 0 Å². The first-order chi connectivity index (χ1) is 17.9. The lowest BCUT2D eigenvalue weighted by Crippen LogP contribution is -2.30. The van der Waals surface area contributed by atoms with E-state index in [9.17, 15) is 14.4 Å². The number of azo groups is 1. The van der Waals surface area contributed by atoms with Gasteiger partial charge in [0.15, 0.2) is 22.9 Å². The van der Waals surface area contributed by atoms with E-state index >= 15 is 0 Å². The number of anilines is 1. The van der Waals surface area contributed by atoms with Crippen molar-refractivity contribution in [2.24, 2.45) is 10.2 Å². The van der Waals surface area contributed by atoms with Gasteiger partial charge in [0.25, 0.3) is 5.95 Å². The summed E-state index contributed by atoms with van der Waals surface area (Å²) in [5, 5.41) is 13.1. The van der Waals surface area contributed by atoms with E-state index < -0.39 is 34.8 Å². The molecule has 0 saturated heterocycles. The molecule has 38 heavy (non-hydrogen) atoms. The number of esters is 2. The summed E-state index contributed by atoms with van der Waals surface area (Å²) >= 11 is 0. The van der Waals surface area contributed by atoms with Crippen LogP contribution in [0, 0.1) is 0 Å². The second-order valence-corrected chi connectivity index (χ2v) is 9.34. The Labute approximate surface area is 220 Å². The minimum absolute atomic E-state index is 0.00340. The summed E-state index contributed by atoms with van der Waals surface area (Å²) in [6.45, 7) is 9.05. The Bertz CT molecular complexity index is 1370. The number of amides is 1. The fraction of sp³-hybridized carbons (Fsp3) is 0.400. The van der Waals surface area contributed by atoms with Crippen LogP contribution in [-0.4, -0.2) is 69.5 Å². The highest BCUT2D eigenvalue weighted by molar-refractivity contribution is 6.04. The van der Waals surface area contributed by atoms with Gasteiger partial charge in [0.05, 0.1) is 24.6 Å². The van der Waals surface area contributed by atoms with Crippen molar-refractivity contribution in [3.63, 3.8) is 0 Å². The van der Waals surface area contributed by atoms with Crippen molar-refractivity contribution >= 4 is 35.4 Å². The predicted octanol–water partition coefficient (Wildman–Crippen LogP) is 4.25. The van der Waals surface area contributed by atoms with Gasteiger partial charge in [0.1, 0.15) is 0 Å². The monoisotopic (exact) mass is 524 g/mol. The summed E-state index contributed by atoms with van der Waals surface area (Å²) < 4.78 is 12.6. The van der Waals surface area contributed by atoms with E-state index in [1.165, 1.54) is 19.0 Å². The minimum atomic E-state index is -0.938. The van der Waals surface area contributed by atoms with E-state index in [4.69, 9.17) is 15.2 Å². The second kappa shape index (κ2) is 11.2. The van der Waals surface area contributed by atoms with E-state index in [0.29, 0.717) is 5.69 Å². The van der Waals surface area contributed by atoms with Crippen molar-refractivity contribution in [3.05, 3.63) is 47.4 Å². The number of hydrogen-bond acceptors (Lipinski definition) is 10. The zero-order chi connectivity index (χ0) is 28.2. The Kier molecular flexibility index (Phi) is 8.29. The number of hydrogen-bond donors (Lipinski definition) is 1. The molecule has 0 unspecified atom stereocenters. The number of carbonyl (C=O) groups is 3. The molecule has 13 heteroatoms. The zero-order valence-electron chi connectivity index (χ0n) is 22.6. The lowest BCUT2D eigenvalue weighted by molar-refractivity contribution is 0.0468. The number of nitrogens with two attached hydrogens (primary N) is 1. The molecular formula is C25H32N8O5. The van der Waals surface area contributed by atoms with Crippen molar-refractivity contribution < 1.29 is 23.9 Å². The lowest BCUT2D eigenvalue weighted by atomic mass is 9.91. The number of nitrogen functional groups attached to an aromatic ring is 1. The van der Waals surface area contributed by atoms with Gasteiger partial charge in [-0.25, -0.2) is 28.6 Å². The van der Waals surface area contributed by atoms with Crippen LogP contribution in [0.1, 0.15) is 61.3 Å². The molecule has 0 aliphatic carbocycles. The molecule has 0 aliphatic rings. The van der Waals surface area contributed by atoms with Crippen LogP contribution in [0.15, 0.2) is 40.6 Å². The maximum absolute atomic E-state index is 13.1. The van der Waals surface area contributed by atoms with Crippen molar-refractivity contribution in [3.8, 4) is 5.69 Å². The Morgan fingerprint density at radius 3 is 2.16 bits per heavy atom. The van der Waals surface area contributed by atoms with E-state index in [1.807, 2.05) is 51.1 Å². The quantitative estimate of drug-likeness (QED) is 0.355.